The predicted octanol–water partition coefficient (Wildman–Crippen LogP) is 2.08. The van der Waals surface area contributed by atoms with Gasteiger partial charge in [-0.3, -0.25) is 4.90 Å². The van der Waals surface area contributed by atoms with Crippen molar-refractivity contribution in [2.75, 3.05) is 39.4 Å². The van der Waals surface area contributed by atoms with Gasteiger partial charge in [-0.25, -0.2) is 0 Å². The summed E-state index contributed by atoms with van der Waals surface area (Å²) in [5.41, 5.74) is 5.95. The Kier molecular flexibility index (Phi) is 9.64. The van der Waals surface area contributed by atoms with Crippen LogP contribution in [-0.2, 0) is 9.47 Å². The summed E-state index contributed by atoms with van der Waals surface area (Å²) >= 11 is 0. The third kappa shape index (κ3) is 8.03. The summed E-state index contributed by atoms with van der Waals surface area (Å²) in [6.45, 7) is 15.5. The lowest BCUT2D eigenvalue weighted by atomic mass is 9.93. The summed E-state index contributed by atoms with van der Waals surface area (Å²) in [6, 6.07) is 0. The number of hydrogen-bond acceptors (Lipinski definition) is 4. The van der Waals surface area contributed by atoms with Gasteiger partial charge >= 0.3 is 0 Å². The van der Waals surface area contributed by atoms with Crippen LogP contribution in [0.3, 0.4) is 0 Å². The first-order valence-corrected chi connectivity index (χ1v) is 7.14. The SMILES string of the molecule is CCCN(CC(OCC)OCC)CC(C)(C)CN. The van der Waals surface area contributed by atoms with Gasteiger partial charge in [0.15, 0.2) is 6.29 Å². The highest BCUT2D eigenvalue weighted by Crippen LogP contribution is 2.16. The fraction of sp³-hybridized carbons (Fsp3) is 1.00. The Morgan fingerprint density at radius 3 is 2.06 bits per heavy atom. The maximum absolute atomic E-state index is 5.81. The van der Waals surface area contributed by atoms with Gasteiger partial charge < -0.3 is 15.2 Å². The molecule has 0 unspecified atom stereocenters. The highest BCUT2D eigenvalue weighted by Gasteiger charge is 2.22. The van der Waals surface area contributed by atoms with Crippen molar-refractivity contribution in [2.45, 2.75) is 47.3 Å². The van der Waals surface area contributed by atoms with Crippen LogP contribution < -0.4 is 5.73 Å². The molecule has 0 aromatic carbocycles. The number of nitrogens with two attached hydrogens (primary N) is 1. The zero-order valence-electron chi connectivity index (χ0n) is 12.9. The number of rotatable bonds is 11. The first-order chi connectivity index (χ1) is 8.49. The molecular weight excluding hydrogens is 228 g/mol. The van der Waals surface area contributed by atoms with Gasteiger partial charge in [-0.15, -0.1) is 0 Å². The Balaban J connectivity index is 4.38. The molecule has 18 heavy (non-hydrogen) atoms. The van der Waals surface area contributed by atoms with Crippen LogP contribution in [0.1, 0.15) is 41.0 Å². The summed E-state index contributed by atoms with van der Waals surface area (Å²) in [5, 5.41) is 0. The van der Waals surface area contributed by atoms with Gasteiger partial charge in [-0.1, -0.05) is 20.8 Å². The molecule has 110 valence electrons. The quantitative estimate of drug-likeness (QED) is 0.578. The van der Waals surface area contributed by atoms with E-state index in [4.69, 9.17) is 15.2 Å². The second kappa shape index (κ2) is 9.73. The molecule has 0 aliphatic carbocycles. The molecule has 0 saturated heterocycles. The van der Waals surface area contributed by atoms with Crippen molar-refractivity contribution < 1.29 is 9.47 Å². The molecule has 2 N–H and O–H groups in total. The molecule has 0 aliphatic heterocycles. The van der Waals surface area contributed by atoms with Gasteiger partial charge in [-0.05, 0) is 38.8 Å². The highest BCUT2D eigenvalue weighted by molar-refractivity contribution is 4.75. The Labute approximate surface area is 113 Å². The van der Waals surface area contributed by atoms with Crippen molar-refractivity contribution >= 4 is 0 Å². The lowest BCUT2D eigenvalue weighted by Crippen LogP contribution is -2.43. The Bertz CT molecular complexity index is 192. The first-order valence-electron chi connectivity index (χ1n) is 7.14. The number of hydrogen-bond donors (Lipinski definition) is 1. The van der Waals surface area contributed by atoms with Gasteiger partial charge in [0.05, 0.1) is 0 Å². The number of nitrogens with zero attached hydrogens (tertiary/aromatic N) is 1. The van der Waals surface area contributed by atoms with E-state index in [2.05, 4.69) is 25.7 Å². The standard InChI is InChI=1S/C14H32N2O2/c1-6-9-16(12-14(4,5)11-15)10-13(17-7-2)18-8-3/h13H,6-12,15H2,1-5H3. The van der Waals surface area contributed by atoms with E-state index in [1.165, 1.54) is 0 Å². The van der Waals surface area contributed by atoms with Gasteiger partial charge in [0.25, 0.3) is 0 Å². The number of ether oxygens (including phenoxy) is 2. The summed E-state index contributed by atoms with van der Waals surface area (Å²) in [7, 11) is 0. The van der Waals surface area contributed by atoms with Crippen molar-refractivity contribution in [1.29, 1.82) is 0 Å². The maximum atomic E-state index is 5.81. The van der Waals surface area contributed by atoms with Gasteiger partial charge in [0.1, 0.15) is 0 Å². The van der Waals surface area contributed by atoms with Crippen LogP contribution in [0.5, 0.6) is 0 Å². The minimum absolute atomic E-state index is 0.125. The minimum Gasteiger partial charge on any atom is -0.352 e. The van der Waals surface area contributed by atoms with E-state index < -0.39 is 0 Å². The molecule has 0 spiro atoms. The summed E-state index contributed by atoms with van der Waals surface area (Å²) in [6.07, 6.45) is 1.01. The molecule has 4 heteroatoms. The Morgan fingerprint density at radius 2 is 1.67 bits per heavy atom. The third-order valence-electron chi connectivity index (χ3n) is 2.86. The third-order valence-corrected chi connectivity index (χ3v) is 2.86. The van der Waals surface area contributed by atoms with Gasteiger partial charge in [0, 0.05) is 26.3 Å². The second-order valence-electron chi connectivity index (χ2n) is 5.44. The Morgan fingerprint density at radius 1 is 1.11 bits per heavy atom. The van der Waals surface area contributed by atoms with E-state index in [9.17, 15) is 0 Å². The predicted molar refractivity (Wildman–Crippen MR) is 76.6 cm³/mol. The van der Waals surface area contributed by atoms with Crippen molar-refractivity contribution in [3.8, 4) is 0 Å². The van der Waals surface area contributed by atoms with E-state index in [0.29, 0.717) is 19.8 Å². The molecule has 0 atom stereocenters. The molecule has 0 rings (SSSR count). The van der Waals surface area contributed by atoms with Crippen molar-refractivity contribution in [3.63, 3.8) is 0 Å². The molecule has 0 bridgehead atoms. The fourth-order valence-corrected chi connectivity index (χ4v) is 1.96. The lowest BCUT2D eigenvalue weighted by Gasteiger charge is -2.33. The van der Waals surface area contributed by atoms with Gasteiger partial charge in [-0.2, -0.15) is 0 Å². The molecule has 0 saturated carbocycles. The minimum atomic E-state index is -0.125. The van der Waals surface area contributed by atoms with Crippen LogP contribution in [0.2, 0.25) is 0 Å². The summed E-state index contributed by atoms with van der Waals surface area (Å²) < 4.78 is 11.2. The monoisotopic (exact) mass is 260 g/mol. The molecule has 0 radical (unpaired) electrons. The van der Waals surface area contributed by atoms with E-state index in [1.807, 2.05) is 13.8 Å². The highest BCUT2D eigenvalue weighted by atomic mass is 16.7. The van der Waals surface area contributed by atoms with Crippen molar-refractivity contribution in [3.05, 3.63) is 0 Å². The average Bonchev–Trinajstić information content (AvgIpc) is 2.29. The molecular formula is C14H32N2O2. The van der Waals surface area contributed by atoms with Crippen LogP contribution in [-0.4, -0.2) is 50.6 Å². The first kappa shape index (κ1) is 17.8. The topological polar surface area (TPSA) is 47.7 Å². The second-order valence-corrected chi connectivity index (χ2v) is 5.44. The zero-order valence-corrected chi connectivity index (χ0v) is 12.9. The van der Waals surface area contributed by atoms with Crippen LogP contribution >= 0.6 is 0 Å². The van der Waals surface area contributed by atoms with E-state index in [0.717, 1.165) is 26.1 Å². The smallest absolute Gasteiger partial charge is 0.170 e. The van der Waals surface area contributed by atoms with E-state index in [-0.39, 0.29) is 11.7 Å². The summed E-state index contributed by atoms with van der Waals surface area (Å²) in [5.74, 6) is 0. The van der Waals surface area contributed by atoms with Gasteiger partial charge in [0.2, 0.25) is 0 Å². The summed E-state index contributed by atoms with van der Waals surface area (Å²) in [4.78, 5) is 2.39. The zero-order chi connectivity index (χ0) is 14.0. The maximum Gasteiger partial charge on any atom is 0.170 e. The molecule has 0 amide bonds. The Hall–Kier alpha value is -0.160. The molecule has 0 aromatic rings. The van der Waals surface area contributed by atoms with Crippen LogP contribution in [0.15, 0.2) is 0 Å². The fourth-order valence-electron chi connectivity index (χ4n) is 1.96. The van der Waals surface area contributed by atoms with E-state index >= 15 is 0 Å². The van der Waals surface area contributed by atoms with Crippen LogP contribution in [0.4, 0.5) is 0 Å². The average molecular weight is 260 g/mol. The lowest BCUT2D eigenvalue weighted by molar-refractivity contribution is -0.148. The molecule has 0 fully saturated rings. The molecule has 0 heterocycles. The van der Waals surface area contributed by atoms with E-state index in [1.54, 1.807) is 0 Å². The van der Waals surface area contributed by atoms with Crippen molar-refractivity contribution in [1.82, 2.24) is 4.90 Å². The van der Waals surface area contributed by atoms with Crippen LogP contribution in [0, 0.1) is 5.41 Å². The molecule has 4 nitrogen and oxygen atoms in total. The molecule has 0 aromatic heterocycles. The largest absolute Gasteiger partial charge is 0.352 e. The van der Waals surface area contributed by atoms with Crippen LogP contribution in [0.25, 0.3) is 0 Å². The normalized spacial score (nSPS) is 12.7. The molecule has 0 aliphatic rings. The van der Waals surface area contributed by atoms with Crippen molar-refractivity contribution in [2.24, 2.45) is 11.1 Å².